The molecule has 1 atom stereocenters. The molecular formula is C14H23N3O. The Morgan fingerprint density at radius 2 is 2.33 bits per heavy atom. The minimum absolute atomic E-state index is 0.185. The third kappa shape index (κ3) is 2.82. The summed E-state index contributed by atoms with van der Waals surface area (Å²) in [6.07, 6.45) is 5.59. The van der Waals surface area contributed by atoms with Gasteiger partial charge in [0.1, 0.15) is 5.82 Å². The molecular weight excluding hydrogens is 226 g/mol. The predicted octanol–water partition coefficient (Wildman–Crippen LogP) is 1.71. The highest BCUT2D eigenvalue weighted by Gasteiger charge is 2.25. The lowest BCUT2D eigenvalue weighted by molar-refractivity contribution is 0.283. The average molecular weight is 249 g/mol. The average Bonchev–Trinajstić information content (AvgIpc) is 2.35. The van der Waals surface area contributed by atoms with Gasteiger partial charge in [0.2, 0.25) is 0 Å². The summed E-state index contributed by atoms with van der Waals surface area (Å²) < 4.78 is 0. The third-order valence-electron chi connectivity index (χ3n) is 3.85. The van der Waals surface area contributed by atoms with Gasteiger partial charge in [-0.15, -0.1) is 0 Å². The van der Waals surface area contributed by atoms with Gasteiger partial charge < -0.3 is 15.3 Å². The van der Waals surface area contributed by atoms with Gasteiger partial charge in [-0.05, 0) is 50.9 Å². The van der Waals surface area contributed by atoms with E-state index in [-0.39, 0.29) is 6.61 Å². The molecule has 1 aromatic rings. The second-order valence-corrected chi connectivity index (χ2v) is 4.96. The molecule has 1 aromatic heterocycles. The number of pyridine rings is 1. The minimum atomic E-state index is 0.185. The van der Waals surface area contributed by atoms with E-state index >= 15 is 0 Å². The molecule has 0 saturated heterocycles. The van der Waals surface area contributed by atoms with Crippen molar-refractivity contribution in [3.05, 3.63) is 23.9 Å². The molecule has 4 nitrogen and oxygen atoms in total. The fourth-order valence-corrected chi connectivity index (χ4v) is 2.32. The first-order valence-corrected chi connectivity index (χ1v) is 6.77. The van der Waals surface area contributed by atoms with Gasteiger partial charge in [0.05, 0.1) is 6.61 Å². The molecule has 1 saturated carbocycles. The second-order valence-electron chi connectivity index (χ2n) is 4.96. The Bertz CT molecular complexity index is 379. The summed E-state index contributed by atoms with van der Waals surface area (Å²) in [6, 6.07) is 5.06. The van der Waals surface area contributed by atoms with Crippen molar-refractivity contribution in [2.24, 2.45) is 0 Å². The lowest BCUT2D eigenvalue weighted by Crippen LogP contribution is -2.42. The maximum atomic E-state index is 9.21. The number of nitrogens with one attached hydrogen (secondary N) is 1. The normalized spacial score (nSPS) is 17.3. The Balaban J connectivity index is 2.18. The first-order chi connectivity index (χ1) is 8.76. The molecule has 0 bridgehead atoms. The molecule has 2 rings (SSSR count). The minimum Gasteiger partial charge on any atom is -0.395 e. The zero-order valence-electron chi connectivity index (χ0n) is 11.3. The third-order valence-corrected chi connectivity index (χ3v) is 3.85. The topological polar surface area (TPSA) is 48.4 Å². The van der Waals surface area contributed by atoms with E-state index in [9.17, 15) is 5.11 Å². The number of anilines is 1. The van der Waals surface area contributed by atoms with E-state index in [2.05, 4.69) is 28.2 Å². The lowest BCUT2D eigenvalue weighted by Gasteiger charge is -2.38. The largest absolute Gasteiger partial charge is 0.395 e. The maximum absolute atomic E-state index is 9.21. The van der Waals surface area contributed by atoms with E-state index in [1.54, 1.807) is 0 Å². The van der Waals surface area contributed by atoms with Crippen LogP contribution < -0.4 is 10.2 Å². The smallest absolute Gasteiger partial charge is 0.129 e. The molecule has 1 unspecified atom stereocenters. The highest BCUT2D eigenvalue weighted by atomic mass is 16.3. The number of aliphatic hydroxyl groups excluding tert-OH is 1. The summed E-state index contributed by atoms with van der Waals surface area (Å²) in [5, 5.41) is 12.5. The second kappa shape index (κ2) is 6.16. The molecule has 0 radical (unpaired) electrons. The van der Waals surface area contributed by atoms with Gasteiger partial charge >= 0.3 is 0 Å². The van der Waals surface area contributed by atoms with Crippen molar-refractivity contribution in [3.63, 3.8) is 0 Å². The van der Waals surface area contributed by atoms with Crippen molar-refractivity contribution in [2.45, 2.75) is 38.3 Å². The van der Waals surface area contributed by atoms with Crippen molar-refractivity contribution in [2.75, 3.05) is 25.1 Å². The Morgan fingerprint density at radius 1 is 1.56 bits per heavy atom. The van der Waals surface area contributed by atoms with Crippen LogP contribution in [0.1, 0.15) is 37.8 Å². The van der Waals surface area contributed by atoms with E-state index in [4.69, 9.17) is 0 Å². The monoisotopic (exact) mass is 249 g/mol. The molecule has 0 amide bonds. The van der Waals surface area contributed by atoms with E-state index < -0.39 is 0 Å². The van der Waals surface area contributed by atoms with E-state index in [0.717, 1.165) is 5.82 Å². The highest BCUT2D eigenvalue weighted by Crippen LogP contribution is 2.29. The molecule has 1 aliphatic rings. The fraction of sp³-hybridized carbons (Fsp3) is 0.643. The van der Waals surface area contributed by atoms with Gasteiger partial charge in [0, 0.05) is 24.8 Å². The summed E-state index contributed by atoms with van der Waals surface area (Å²) in [5.41, 5.74) is 1.24. The summed E-state index contributed by atoms with van der Waals surface area (Å²) in [6.45, 7) is 3.00. The number of aliphatic hydroxyl groups is 1. The fourth-order valence-electron chi connectivity index (χ4n) is 2.32. The van der Waals surface area contributed by atoms with Crippen LogP contribution in [0.25, 0.3) is 0 Å². The maximum Gasteiger partial charge on any atom is 0.129 e. The van der Waals surface area contributed by atoms with Crippen LogP contribution in [0.4, 0.5) is 5.82 Å². The summed E-state index contributed by atoms with van der Waals surface area (Å²) >= 11 is 0. The molecule has 1 heterocycles. The van der Waals surface area contributed by atoms with Crippen LogP contribution in [-0.4, -0.2) is 36.3 Å². The van der Waals surface area contributed by atoms with Crippen LogP contribution in [0, 0.1) is 0 Å². The summed E-state index contributed by atoms with van der Waals surface area (Å²) in [5.74, 6) is 0.994. The van der Waals surface area contributed by atoms with Gasteiger partial charge in [-0.1, -0.05) is 0 Å². The van der Waals surface area contributed by atoms with E-state index in [1.807, 2.05) is 19.3 Å². The first-order valence-electron chi connectivity index (χ1n) is 6.77. The van der Waals surface area contributed by atoms with Crippen molar-refractivity contribution in [1.29, 1.82) is 0 Å². The van der Waals surface area contributed by atoms with Crippen LogP contribution >= 0.6 is 0 Å². The Kier molecular flexibility index (Phi) is 4.55. The first kappa shape index (κ1) is 13.3. The van der Waals surface area contributed by atoms with Crippen molar-refractivity contribution >= 4 is 5.82 Å². The predicted molar refractivity (Wildman–Crippen MR) is 73.8 cm³/mol. The number of nitrogens with zero attached hydrogens (tertiary/aromatic N) is 2. The SMILES string of the molecule is CNC(C)c1ccnc(N(CCO)C2CCC2)c1. The molecule has 4 heteroatoms. The molecule has 1 aliphatic carbocycles. The van der Waals surface area contributed by atoms with Crippen LogP contribution in [0.15, 0.2) is 18.3 Å². The molecule has 0 aliphatic heterocycles. The summed E-state index contributed by atoms with van der Waals surface area (Å²) in [4.78, 5) is 6.71. The number of aromatic nitrogens is 1. The molecule has 2 N–H and O–H groups in total. The molecule has 0 aromatic carbocycles. The van der Waals surface area contributed by atoms with Crippen molar-refractivity contribution in [1.82, 2.24) is 10.3 Å². The molecule has 100 valence electrons. The van der Waals surface area contributed by atoms with Crippen LogP contribution in [0.2, 0.25) is 0 Å². The Labute approximate surface area is 109 Å². The Morgan fingerprint density at radius 3 is 2.89 bits per heavy atom. The van der Waals surface area contributed by atoms with Crippen LogP contribution in [-0.2, 0) is 0 Å². The number of hydrogen-bond acceptors (Lipinski definition) is 4. The molecule has 1 fully saturated rings. The van der Waals surface area contributed by atoms with Gasteiger partial charge in [-0.2, -0.15) is 0 Å². The molecule has 18 heavy (non-hydrogen) atoms. The summed E-state index contributed by atoms with van der Waals surface area (Å²) in [7, 11) is 1.96. The zero-order valence-corrected chi connectivity index (χ0v) is 11.3. The standard InChI is InChI=1S/C14H23N3O/c1-11(15-2)12-6-7-16-14(10-12)17(8-9-18)13-4-3-5-13/h6-7,10-11,13,15,18H,3-5,8-9H2,1-2H3. The quantitative estimate of drug-likeness (QED) is 0.806. The Hall–Kier alpha value is -1.13. The van der Waals surface area contributed by atoms with E-state index in [1.165, 1.54) is 24.8 Å². The van der Waals surface area contributed by atoms with Gasteiger partial charge in [0.15, 0.2) is 0 Å². The molecule has 0 spiro atoms. The van der Waals surface area contributed by atoms with Crippen molar-refractivity contribution < 1.29 is 5.11 Å². The number of rotatable bonds is 6. The van der Waals surface area contributed by atoms with Gasteiger partial charge in [-0.25, -0.2) is 4.98 Å². The van der Waals surface area contributed by atoms with Gasteiger partial charge in [-0.3, -0.25) is 0 Å². The lowest BCUT2D eigenvalue weighted by atomic mass is 9.91. The zero-order chi connectivity index (χ0) is 13.0. The van der Waals surface area contributed by atoms with Crippen molar-refractivity contribution in [3.8, 4) is 0 Å². The van der Waals surface area contributed by atoms with Gasteiger partial charge in [0.25, 0.3) is 0 Å². The number of hydrogen-bond donors (Lipinski definition) is 2. The van der Waals surface area contributed by atoms with Crippen LogP contribution in [0.5, 0.6) is 0 Å². The van der Waals surface area contributed by atoms with Crippen LogP contribution in [0.3, 0.4) is 0 Å². The van der Waals surface area contributed by atoms with E-state index in [0.29, 0.717) is 18.6 Å². The highest BCUT2D eigenvalue weighted by molar-refractivity contribution is 5.43.